The van der Waals surface area contributed by atoms with Gasteiger partial charge in [-0.3, -0.25) is 4.79 Å². The van der Waals surface area contributed by atoms with Crippen molar-refractivity contribution in [2.24, 2.45) is 5.92 Å². The van der Waals surface area contributed by atoms with Gasteiger partial charge in [0, 0.05) is 31.0 Å². The third-order valence-electron chi connectivity index (χ3n) is 3.55. The SMILES string of the molecule is CC(C)CC(=O)NC1CCc2onc(CN(C)C)c2C1. The van der Waals surface area contributed by atoms with Crippen LogP contribution < -0.4 is 5.32 Å². The van der Waals surface area contributed by atoms with Gasteiger partial charge in [-0.25, -0.2) is 0 Å². The molecule has 1 aliphatic carbocycles. The van der Waals surface area contributed by atoms with E-state index in [0.717, 1.165) is 37.3 Å². The first-order valence-corrected chi connectivity index (χ1v) is 7.36. The van der Waals surface area contributed by atoms with Gasteiger partial charge in [-0.1, -0.05) is 19.0 Å². The highest BCUT2D eigenvalue weighted by Crippen LogP contribution is 2.25. The molecule has 5 heteroatoms. The maximum atomic E-state index is 11.9. The molecular weight excluding hydrogens is 254 g/mol. The quantitative estimate of drug-likeness (QED) is 0.892. The first-order valence-electron chi connectivity index (χ1n) is 7.36. The zero-order valence-corrected chi connectivity index (χ0v) is 12.9. The second-order valence-corrected chi connectivity index (χ2v) is 6.37. The molecule has 1 unspecified atom stereocenters. The third-order valence-corrected chi connectivity index (χ3v) is 3.55. The average Bonchev–Trinajstić information content (AvgIpc) is 2.70. The van der Waals surface area contributed by atoms with Crippen molar-refractivity contribution in [3.8, 4) is 0 Å². The van der Waals surface area contributed by atoms with Gasteiger partial charge in [-0.05, 0) is 32.9 Å². The van der Waals surface area contributed by atoms with E-state index in [0.29, 0.717) is 12.3 Å². The van der Waals surface area contributed by atoms with Crippen molar-refractivity contribution in [2.45, 2.75) is 52.1 Å². The predicted octanol–water partition coefficient (Wildman–Crippen LogP) is 1.76. The fraction of sp³-hybridized carbons (Fsp3) is 0.733. The molecule has 1 amide bonds. The van der Waals surface area contributed by atoms with Crippen molar-refractivity contribution in [1.29, 1.82) is 0 Å². The van der Waals surface area contributed by atoms with Gasteiger partial charge in [0.15, 0.2) is 0 Å². The molecule has 112 valence electrons. The first kappa shape index (κ1) is 15.0. The van der Waals surface area contributed by atoms with Crippen molar-refractivity contribution >= 4 is 5.91 Å². The zero-order chi connectivity index (χ0) is 14.7. The number of aryl methyl sites for hydroxylation is 1. The molecule has 0 spiro atoms. The van der Waals surface area contributed by atoms with E-state index in [1.807, 2.05) is 14.1 Å². The first-order chi connectivity index (χ1) is 9.45. The Balaban J connectivity index is 1.98. The van der Waals surface area contributed by atoms with E-state index < -0.39 is 0 Å². The van der Waals surface area contributed by atoms with Crippen molar-refractivity contribution in [3.63, 3.8) is 0 Å². The van der Waals surface area contributed by atoms with Crippen LogP contribution in [0.2, 0.25) is 0 Å². The van der Waals surface area contributed by atoms with Gasteiger partial charge in [-0.2, -0.15) is 0 Å². The van der Waals surface area contributed by atoms with Crippen molar-refractivity contribution in [2.75, 3.05) is 14.1 Å². The van der Waals surface area contributed by atoms with E-state index in [4.69, 9.17) is 4.52 Å². The van der Waals surface area contributed by atoms with Gasteiger partial charge < -0.3 is 14.7 Å². The number of amides is 1. The number of carbonyl (C=O) groups excluding carboxylic acids is 1. The molecule has 0 saturated heterocycles. The molecule has 5 nitrogen and oxygen atoms in total. The fourth-order valence-electron chi connectivity index (χ4n) is 2.67. The van der Waals surface area contributed by atoms with E-state index in [2.05, 4.69) is 29.2 Å². The highest BCUT2D eigenvalue weighted by Gasteiger charge is 2.26. The Labute approximate surface area is 120 Å². The number of rotatable bonds is 5. The van der Waals surface area contributed by atoms with E-state index >= 15 is 0 Å². The van der Waals surface area contributed by atoms with Gasteiger partial charge in [0.05, 0.1) is 0 Å². The number of aromatic nitrogens is 1. The van der Waals surface area contributed by atoms with Gasteiger partial charge in [-0.15, -0.1) is 0 Å². The Bertz CT molecular complexity index is 466. The van der Waals surface area contributed by atoms with Crippen molar-refractivity contribution < 1.29 is 9.32 Å². The predicted molar refractivity (Wildman–Crippen MR) is 77.3 cm³/mol. The maximum absolute atomic E-state index is 11.9. The highest BCUT2D eigenvalue weighted by atomic mass is 16.5. The smallest absolute Gasteiger partial charge is 0.220 e. The average molecular weight is 279 g/mol. The second-order valence-electron chi connectivity index (χ2n) is 6.37. The number of fused-ring (bicyclic) bond motifs is 1. The molecule has 0 aliphatic heterocycles. The Morgan fingerprint density at radius 2 is 2.25 bits per heavy atom. The Morgan fingerprint density at radius 1 is 1.50 bits per heavy atom. The number of hydrogen-bond donors (Lipinski definition) is 1. The van der Waals surface area contributed by atoms with Gasteiger partial charge in [0.2, 0.25) is 5.91 Å². The van der Waals surface area contributed by atoms with Crippen molar-refractivity contribution in [1.82, 2.24) is 15.4 Å². The molecule has 1 aliphatic rings. The molecular formula is C15H25N3O2. The summed E-state index contributed by atoms with van der Waals surface area (Å²) in [6.07, 6.45) is 3.24. The van der Waals surface area contributed by atoms with E-state index in [-0.39, 0.29) is 11.9 Å². The molecule has 2 rings (SSSR count). The van der Waals surface area contributed by atoms with Crippen LogP contribution in [0.3, 0.4) is 0 Å². The van der Waals surface area contributed by atoms with Crippen LogP contribution in [0.1, 0.15) is 43.7 Å². The topological polar surface area (TPSA) is 58.4 Å². The Morgan fingerprint density at radius 3 is 2.90 bits per heavy atom. The molecule has 0 bridgehead atoms. The van der Waals surface area contributed by atoms with Crippen LogP contribution in [0, 0.1) is 5.92 Å². The van der Waals surface area contributed by atoms with Gasteiger partial charge in [0.25, 0.3) is 0 Å². The molecule has 20 heavy (non-hydrogen) atoms. The zero-order valence-electron chi connectivity index (χ0n) is 12.9. The molecule has 1 heterocycles. The lowest BCUT2D eigenvalue weighted by Gasteiger charge is -2.23. The van der Waals surface area contributed by atoms with Crippen LogP contribution >= 0.6 is 0 Å². The fourth-order valence-corrected chi connectivity index (χ4v) is 2.67. The van der Waals surface area contributed by atoms with Crippen molar-refractivity contribution in [3.05, 3.63) is 17.0 Å². The normalized spacial score (nSPS) is 18.4. The highest BCUT2D eigenvalue weighted by molar-refractivity contribution is 5.76. The molecule has 0 radical (unpaired) electrons. The third kappa shape index (κ3) is 3.82. The molecule has 0 saturated carbocycles. The maximum Gasteiger partial charge on any atom is 0.220 e. The largest absolute Gasteiger partial charge is 0.361 e. The minimum Gasteiger partial charge on any atom is -0.361 e. The van der Waals surface area contributed by atoms with E-state index in [1.165, 1.54) is 5.56 Å². The molecule has 1 atom stereocenters. The lowest BCUT2D eigenvalue weighted by molar-refractivity contribution is -0.122. The minimum absolute atomic E-state index is 0.152. The number of nitrogens with zero attached hydrogens (tertiary/aromatic N) is 2. The van der Waals surface area contributed by atoms with Crippen LogP contribution in [0.5, 0.6) is 0 Å². The van der Waals surface area contributed by atoms with Crippen LogP contribution in [0.4, 0.5) is 0 Å². The van der Waals surface area contributed by atoms with Crippen LogP contribution in [-0.4, -0.2) is 36.1 Å². The monoisotopic (exact) mass is 279 g/mol. The summed E-state index contributed by atoms with van der Waals surface area (Å²) in [6, 6.07) is 0.217. The summed E-state index contributed by atoms with van der Waals surface area (Å²) in [7, 11) is 4.04. The van der Waals surface area contributed by atoms with E-state index in [9.17, 15) is 4.79 Å². The Hall–Kier alpha value is -1.36. The summed E-state index contributed by atoms with van der Waals surface area (Å²) in [4.78, 5) is 14.0. The van der Waals surface area contributed by atoms with Crippen LogP contribution in [-0.2, 0) is 24.2 Å². The second kappa shape index (κ2) is 6.39. The number of nitrogens with one attached hydrogen (secondary N) is 1. The lowest BCUT2D eigenvalue weighted by Crippen LogP contribution is -2.39. The van der Waals surface area contributed by atoms with Crippen LogP contribution in [0.15, 0.2) is 4.52 Å². The van der Waals surface area contributed by atoms with Gasteiger partial charge in [0.1, 0.15) is 11.5 Å². The van der Waals surface area contributed by atoms with Gasteiger partial charge >= 0.3 is 0 Å². The van der Waals surface area contributed by atoms with Crippen LogP contribution in [0.25, 0.3) is 0 Å². The molecule has 0 aromatic carbocycles. The summed E-state index contributed by atoms with van der Waals surface area (Å²) in [5, 5.41) is 7.31. The molecule has 1 N–H and O–H groups in total. The number of carbonyl (C=O) groups is 1. The Kier molecular flexibility index (Phi) is 4.81. The number of hydrogen-bond acceptors (Lipinski definition) is 4. The minimum atomic E-state index is 0.152. The van der Waals surface area contributed by atoms with E-state index in [1.54, 1.807) is 0 Å². The standard InChI is InChI=1S/C15H25N3O2/c1-10(2)7-15(19)16-11-5-6-14-12(8-11)13(17-20-14)9-18(3)4/h10-11H,5-9H2,1-4H3,(H,16,19). The lowest BCUT2D eigenvalue weighted by atomic mass is 9.91. The summed E-state index contributed by atoms with van der Waals surface area (Å²) in [5.41, 5.74) is 2.20. The summed E-state index contributed by atoms with van der Waals surface area (Å²) < 4.78 is 5.42. The summed E-state index contributed by atoms with van der Waals surface area (Å²) in [5.74, 6) is 1.55. The molecule has 1 aromatic rings. The molecule has 0 fully saturated rings. The summed E-state index contributed by atoms with van der Waals surface area (Å²) in [6.45, 7) is 4.91. The molecule has 1 aromatic heterocycles. The summed E-state index contributed by atoms with van der Waals surface area (Å²) >= 11 is 0.